The van der Waals surface area contributed by atoms with E-state index in [0.29, 0.717) is 18.7 Å². The summed E-state index contributed by atoms with van der Waals surface area (Å²) in [6.45, 7) is 1.34. The topological polar surface area (TPSA) is 71.2 Å². The van der Waals surface area contributed by atoms with Crippen LogP contribution >= 0.6 is 11.6 Å². The Morgan fingerprint density at radius 2 is 2.43 bits per heavy atom. The summed E-state index contributed by atoms with van der Waals surface area (Å²) in [6, 6.07) is 1.68. The van der Waals surface area contributed by atoms with Crippen molar-refractivity contribution < 1.29 is 5.11 Å². The first kappa shape index (κ1) is 9.71. The van der Waals surface area contributed by atoms with Crippen molar-refractivity contribution in [3.63, 3.8) is 0 Å². The summed E-state index contributed by atoms with van der Waals surface area (Å²) in [5.74, 6) is 0. The fourth-order valence-corrected chi connectivity index (χ4v) is 1.75. The lowest BCUT2D eigenvalue weighted by molar-refractivity contribution is 0.0584. The van der Waals surface area contributed by atoms with Gasteiger partial charge in [-0.25, -0.2) is 4.98 Å². The smallest absolute Gasteiger partial charge is 0.151 e. The highest BCUT2D eigenvalue weighted by Gasteiger charge is 2.33. The molecule has 1 aliphatic heterocycles. The molecule has 0 saturated carbocycles. The maximum absolute atomic E-state index is 10.2. The Morgan fingerprint density at radius 1 is 1.64 bits per heavy atom. The van der Waals surface area contributed by atoms with E-state index >= 15 is 0 Å². The lowest BCUT2D eigenvalue weighted by atomic mass is 9.94. The van der Waals surface area contributed by atoms with Crippen LogP contribution in [-0.4, -0.2) is 23.2 Å². The first-order valence-electron chi connectivity index (χ1n) is 4.46. The largest absolute Gasteiger partial charge is 0.396 e. The predicted octanol–water partition coefficient (Wildman–Crippen LogP) is 0.498. The van der Waals surface area contributed by atoms with Crippen molar-refractivity contribution in [3.8, 4) is 0 Å². The molecule has 1 aliphatic rings. The number of nitrogens with one attached hydrogen (secondary N) is 1. The Labute approximate surface area is 87.1 Å². The van der Waals surface area contributed by atoms with E-state index in [-0.39, 0.29) is 5.15 Å². The molecular formula is C9H12ClN3O. The molecule has 0 spiro atoms. The first-order chi connectivity index (χ1) is 6.62. The van der Waals surface area contributed by atoms with Gasteiger partial charge in [0.05, 0.1) is 5.69 Å². The molecule has 1 atom stereocenters. The van der Waals surface area contributed by atoms with Crippen molar-refractivity contribution in [1.29, 1.82) is 0 Å². The first-order valence-corrected chi connectivity index (χ1v) is 4.84. The molecule has 76 valence electrons. The third kappa shape index (κ3) is 1.56. The summed E-state index contributed by atoms with van der Waals surface area (Å²) < 4.78 is 0. The number of β-amino-alcohol motifs (C(OH)–C–C–N with tert-alkyl or cyclic N) is 1. The highest BCUT2D eigenvalue weighted by molar-refractivity contribution is 6.31. The molecule has 0 aliphatic carbocycles. The van der Waals surface area contributed by atoms with Crippen LogP contribution in [0.4, 0.5) is 5.69 Å². The molecule has 5 heteroatoms. The van der Waals surface area contributed by atoms with E-state index in [1.54, 1.807) is 12.3 Å². The summed E-state index contributed by atoms with van der Waals surface area (Å²) >= 11 is 5.70. The zero-order chi connectivity index (χ0) is 10.2. The zero-order valence-electron chi connectivity index (χ0n) is 7.63. The SMILES string of the molecule is Nc1cc(C2(O)CCNC2)cnc1Cl. The molecule has 4 N–H and O–H groups in total. The predicted molar refractivity (Wildman–Crippen MR) is 55.0 cm³/mol. The minimum atomic E-state index is -0.842. The number of rotatable bonds is 1. The molecule has 1 aromatic rings. The second kappa shape index (κ2) is 3.38. The Morgan fingerprint density at radius 3 is 3.00 bits per heavy atom. The van der Waals surface area contributed by atoms with Crippen LogP contribution in [-0.2, 0) is 5.60 Å². The summed E-state index contributed by atoms with van der Waals surface area (Å²) in [5, 5.41) is 13.6. The second-order valence-corrected chi connectivity index (χ2v) is 3.92. The molecule has 2 heterocycles. The average molecular weight is 214 g/mol. The Balaban J connectivity index is 2.36. The van der Waals surface area contributed by atoms with Crippen LogP contribution in [0.15, 0.2) is 12.3 Å². The van der Waals surface area contributed by atoms with E-state index in [2.05, 4.69) is 10.3 Å². The number of nitrogen functional groups attached to an aromatic ring is 1. The van der Waals surface area contributed by atoms with E-state index < -0.39 is 5.60 Å². The molecule has 1 saturated heterocycles. The lowest BCUT2D eigenvalue weighted by Crippen LogP contribution is -2.28. The van der Waals surface area contributed by atoms with Gasteiger partial charge in [0, 0.05) is 18.3 Å². The van der Waals surface area contributed by atoms with E-state index in [0.717, 1.165) is 12.1 Å². The number of anilines is 1. The van der Waals surface area contributed by atoms with Crippen LogP contribution in [0.2, 0.25) is 5.15 Å². The third-order valence-corrected chi connectivity index (χ3v) is 2.85. The van der Waals surface area contributed by atoms with E-state index in [4.69, 9.17) is 17.3 Å². The van der Waals surface area contributed by atoms with Gasteiger partial charge in [0.1, 0.15) is 5.60 Å². The van der Waals surface area contributed by atoms with Crippen molar-refractivity contribution in [2.45, 2.75) is 12.0 Å². The Kier molecular flexibility index (Phi) is 2.34. The number of hydrogen-bond donors (Lipinski definition) is 3. The van der Waals surface area contributed by atoms with Crippen molar-refractivity contribution >= 4 is 17.3 Å². The molecule has 4 nitrogen and oxygen atoms in total. The van der Waals surface area contributed by atoms with Crippen LogP contribution in [0, 0.1) is 0 Å². The normalized spacial score (nSPS) is 26.7. The molecule has 0 bridgehead atoms. The van der Waals surface area contributed by atoms with Gasteiger partial charge in [0.25, 0.3) is 0 Å². The van der Waals surface area contributed by atoms with Crippen molar-refractivity contribution in [2.24, 2.45) is 0 Å². The van der Waals surface area contributed by atoms with Gasteiger partial charge in [-0.05, 0) is 19.0 Å². The van der Waals surface area contributed by atoms with Crippen LogP contribution in [0.1, 0.15) is 12.0 Å². The van der Waals surface area contributed by atoms with E-state index in [1.807, 2.05) is 0 Å². The van der Waals surface area contributed by atoms with Gasteiger partial charge < -0.3 is 16.2 Å². The molecule has 1 aromatic heterocycles. The second-order valence-electron chi connectivity index (χ2n) is 3.56. The van der Waals surface area contributed by atoms with Crippen LogP contribution in [0.3, 0.4) is 0 Å². The zero-order valence-corrected chi connectivity index (χ0v) is 8.38. The fraction of sp³-hybridized carbons (Fsp3) is 0.444. The molecular weight excluding hydrogens is 202 g/mol. The minimum Gasteiger partial charge on any atom is -0.396 e. The number of pyridine rings is 1. The summed E-state index contributed by atoms with van der Waals surface area (Å²) in [6.07, 6.45) is 2.25. The van der Waals surface area contributed by atoms with Gasteiger partial charge >= 0.3 is 0 Å². The van der Waals surface area contributed by atoms with Gasteiger partial charge in [0.15, 0.2) is 5.15 Å². The molecule has 0 amide bonds. The van der Waals surface area contributed by atoms with E-state index in [9.17, 15) is 5.11 Å². The highest BCUT2D eigenvalue weighted by Crippen LogP contribution is 2.29. The summed E-state index contributed by atoms with van der Waals surface area (Å²) in [5.41, 5.74) is 5.91. The Bertz CT molecular complexity index is 350. The fourth-order valence-electron chi connectivity index (χ4n) is 1.64. The van der Waals surface area contributed by atoms with E-state index in [1.165, 1.54) is 0 Å². The summed E-state index contributed by atoms with van der Waals surface area (Å²) in [4.78, 5) is 3.92. The molecule has 2 rings (SSSR count). The van der Waals surface area contributed by atoms with Crippen LogP contribution < -0.4 is 11.1 Å². The number of aromatic nitrogens is 1. The number of aliphatic hydroxyl groups is 1. The molecule has 0 aromatic carbocycles. The third-order valence-electron chi connectivity index (χ3n) is 2.54. The van der Waals surface area contributed by atoms with Crippen LogP contribution in [0.5, 0.6) is 0 Å². The Hall–Kier alpha value is -0.840. The number of nitrogens with two attached hydrogens (primary N) is 1. The maximum atomic E-state index is 10.2. The standard InChI is InChI=1S/C9H12ClN3O/c10-8-7(11)3-6(4-13-8)9(14)1-2-12-5-9/h3-4,12,14H,1-2,5,11H2. The highest BCUT2D eigenvalue weighted by atomic mass is 35.5. The number of hydrogen-bond acceptors (Lipinski definition) is 4. The van der Waals surface area contributed by atoms with Gasteiger partial charge in [0.2, 0.25) is 0 Å². The van der Waals surface area contributed by atoms with Crippen molar-refractivity contribution in [1.82, 2.24) is 10.3 Å². The average Bonchev–Trinajstić information content (AvgIpc) is 2.58. The van der Waals surface area contributed by atoms with Gasteiger partial charge in [-0.2, -0.15) is 0 Å². The molecule has 1 unspecified atom stereocenters. The molecule has 1 fully saturated rings. The molecule has 14 heavy (non-hydrogen) atoms. The van der Waals surface area contributed by atoms with Crippen molar-refractivity contribution in [2.75, 3.05) is 18.8 Å². The number of nitrogens with zero attached hydrogens (tertiary/aromatic N) is 1. The van der Waals surface area contributed by atoms with Gasteiger partial charge in [-0.15, -0.1) is 0 Å². The quantitative estimate of drug-likeness (QED) is 0.594. The van der Waals surface area contributed by atoms with Crippen LogP contribution in [0.25, 0.3) is 0 Å². The lowest BCUT2D eigenvalue weighted by Gasteiger charge is -2.21. The van der Waals surface area contributed by atoms with Crippen molar-refractivity contribution in [3.05, 3.63) is 23.0 Å². The van der Waals surface area contributed by atoms with Gasteiger partial charge in [-0.1, -0.05) is 11.6 Å². The minimum absolute atomic E-state index is 0.281. The number of halogens is 1. The molecule has 0 radical (unpaired) electrons. The summed E-state index contributed by atoms with van der Waals surface area (Å²) in [7, 11) is 0. The maximum Gasteiger partial charge on any atom is 0.151 e. The van der Waals surface area contributed by atoms with Gasteiger partial charge in [-0.3, -0.25) is 0 Å². The monoisotopic (exact) mass is 213 g/mol.